The van der Waals surface area contributed by atoms with Crippen molar-refractivity contribution in [3.05, 3.63) is 40.9 Å². The van der Waals surface area contributed by atoms with Crippen molar-refractivity contribution >= 4 is 23.2 Å². The molecule has 0 fully saturated rings. The highest BCUT2D eigenvalue weighted by molar-refractivity contribution is 6.30. The van der Waals surface area contributed by atoms with E-state index in [0.717, 1.165) is 12.2 Å². The Morgan fingerprint density at radius 2 is 2.16 bits per heavy atom. The molecule has 5 heteroatoms. The van der Waals surface area contributed by atoms with Gasteiger partial charge in [0.1, 0.15) is 5.82 Å². The lowest BCUT2D eigenvalue weighted by Gasteiger charge is -2.12. The summed E-state index contributed by atoms with van der Waals surface area (Å²) in [7, 11) is 0. The van der Waals surface area contributed by atoms with Crippen molar-refractivity contribution in [1.82, 2.24) is 9.55 Å². The van der Waals surface area contributed by atoms with E-state index in [2.05, 4.69) is 24.1 Å². The van der Waals surface area contributed by atoms with Crippen molar-refractivity contribution in [2.75, 3.05) is 5.32 Å². The summed E-state index contributed by atoms with van der Waals surface area (Å²) >= 11 is 5.74. The predicted molar refractivity (Wildman–Crippen MR) is 76.5 cm³/mol. The summed E-state index contributed by atoms with van der Waals surface area (Å²) in [4.78, 5) is 4.37. The van der Waals surface area contributed by atoms with E-state index < -0.39 is 0 Å². The van der Waals surface area contributed by atoms with Gasteiger partial charge in [-0.15, -0.1) is 0 Å². The summed E-state index contributed by atoms with van der Waals surface area (Å²) in [6.07, 6.45) is 1.95. The number of nitrogens with one attached hydrogen (secondary N) is 1. The lowest BCUT2D eigenvalue weighted by molar-refractivity contribution is 0.527. The van der Waals surface area contributed by atoms with Gasteiger partial charge in [-0.25, -0.2) is 9.37 Å². The fourth-order valence-corrected chi connectivity index (χ4v) is 2.05. The first kappa shape index (κ1) is 13.9. The zero-order chi connectivity index (χ0) is 14.0. The minimum atomic E-state index is -0.385. The molecule has 1 aromatic carbocycles. The van der Waals surface area contributed by atoms with Crippen LogP contribution in [0.25, 0.3) is 0 Å². The van der Waals surface area contributed by atoms with Crippen LogP contribution in [-0.2, 0) is 6.54 Å². The number of nitrogens with zero attached hydrogens (tertiary/aromatic N) is 2. The maximum Gasteiger partial charge on any atom is 0.207 e. The van der Waals surface area contributed by atoms with Gasteiger partial charge in [0.15, 0.2) is 0 Å². The number of aryl methyl sites for hydroxylation is 1. The van der Waals surface area contributed by atoms with E-state index in [1.807, 2.05) is 17.7 Å². The fourth-order valence-electron chi connectivity index (χ4n) is 1.89. The lowest BCUT2D eigenvalue weighted by Crippen LogP contribution is -2.08. The predicted octanol–water partition coefficient (Wildman–Crippen LogP) is 4.38. The summed E-state index contributed by atoms with van der Waals surface area (Å²) in [5.41, 5.74) is 1.28. The van der Waals surface area contributed by atoms with E-state index in [1.54, 1.807) is 12.1 Å². The van der Waals surface area contributed by atoms with Crippen LogP contribution >= 0.6 is 11.6 Å². The molecule has 0 aliphatic rings. The van der Waals surface area contributed by atoms with E-state index in [-0.39, 0.29) is 5.82 Å². The topological polar surface area (TPSA) is 29.9 Å². The van der Waals surface area contributed by atoms with Crippen molar-refractivity contribution < 1.29 is 4.39 Å². The lowest BCUT2D eigenvalue weighted by atomic mass is 10.2. The molecule has 102 valence electrons. The fraction of sp³-hybridized carbons (Fsp3) is 0.357. The first-order valence-electron chi connectivity index (χ1n) is 6.21. The molecule has 2 aromatic rings. The second-order valence-electron chi connectivity index (χ2n) is 5.00. The van der Waals surface area contributed by atoms with Crippen molar-refractivity contribution in [2.24, 2.45) is 5.92 Å². The number of hydrogen-bond acceptors (Lipinski definition) is 2. The van der Waals surface area contributed by atoms with Crippen LogP contribution in [0, 0.1) is 18.7 Å². The van der Waals surface area contributed by atoms with Crippen molar-refractivity contribution in [3.8, 4) is 0 Å². The van der Waals surface area contributed by atoms with Crippen molar-refractivity contribution in [2.45, 2.75) is 27.3 Å². The maximum atomic E-state index is 13.8. The summed E-state index contributed by atoms with van der Waals surface area (Å²) in [6, 6.07) is 4.55. The van der Waals surface area contributed by atoms with Gasteiger partial charge in [-0.3, -0.25) is 0 Å². The molecule has 0 aliphatic carbocycles. The van der Waals surface area contributed by atoms with Gasteiger partial charge >= 0.3 is 0 Å². The molecule has 0 spiro atoms. The summed E-state index contributed by atoms with van der Waals surface area (Å²) < 4.78 is 15.7. The number of hydrogen-bond donors (Lipinski definition) is 1. The highest BCUT2D eigenvalue weighted by Gasteiger charge is 2.10. The van der Waals surface area contributed by atoms with Gasteiger partial charge in [0.05, 0.1) is 11.4 Å². The van der Waals surface area contributed by atoms with Crippen LogP contribution < -0.4 is 5.32 Å². The van der Waals surface area contributed by atoms with Crippen molar-refractivity contribution in [1.29, 1.82) is 0 Å². The molecule has 0 atom stereocenters. The van der Waals surface area contributed by atoms with E-state index in [4.69, 9.17) is 11.6 Å². The zero-order valence-corrected chi connectivity index (χ0v) is 12.0. The standard InChI is InChI=1S/C14H17ClFN3/c1-9(2)7-19-8-10(3)17-14(19)18-13-5-4-11(15)6-12(13)16/h4-6,8-9H,7H2,1-3H3,(H,17,18). The first-order valence-corrected chi connectivity index (χ1v) is 6.59. The minimum absolute atomic E-state index is 0.375. The van der Waals surface area contributed by atoms with Gasteiger partial charge in [-0.05, 0) is 31.0 Å². The average Bonchev–Trinajstić information content (AvgIpc) is 2.62. The van der Waals surface area contributed by atoms with Crippen LogP contribution in [-0.4, -0.2) is 9.55 Å². The number of imidazole rings is 1. The Labute approximate surface area is 117 Å². The summed E-state index contributed by atoms with van der Waals surface area (Å²) in [5, 5.41) is 3.39. The number of benzene rings is 1. The van der Waals surface area contributed by atoms with Crippen LogP contribution in [0.3, 0.4) is 0 Å². The third kappa shape index (κ3) is 3.47. The molecular weight excluding hydrogens is 265 g/mol. The number of halogens is 2. The molecule has 19 heavy (non-hydrogen) atoms. The van der Waals surface area contributed by atoms with Crippen molar-refractivity contribution in [3.63, 3.8) is 0 Å². The molecule has 0 amide bonds. The first-order chi connectivity index (χ1) is 8.95. The normalized spacial score (nSPS) is 11.1. The van der Waals surface area contributed by atoms with E-state index in [0.29, 0.717) is 22.6 Å². The van der Waals surface area contributed by atoms with Gasteiger partial charge in [-0.2, -0.15) is 0 Å². The molecule has 1 aromatic heterocycles. The zero-order valence-electron chi connectivity index (χ0n) is 11.2. The SMILES string of the molecule is Cc1cn(CC(C)C)c(Nc2ccc(Cl)cc2F)n1. The molecule has 1 heterocycles. The summed E-state index contributed by atoms with van der Waals surface area (Å²) in [5.74, 6) is 0.751. The highest BCUT2D eigenvalue weighted by Crippen LogP contribution is 2.23. The molecule has 3 nitrogen and oxygen atoms in total. The Hall–Kier alpha value is -1.55. The van der Waals surface area contributed by atoms with Gasteiger partial charge in [-0.1, -0.05) is 25.4 Å². The monoisotopic (exact) mass is 281 g/mol. The molecule has 2 rings (SSSR count). The van der Waals surface area contributed by atoms with Gasteiger partial charge < -0.3 is 9.88 Å². The Balaban J connectivity index is 2.27. The maximum absolute atomic E-state index is 13.8. The quantitative estimate of drug-likeness (QED) is 0.901. The summed E-state index contributed by atoms with van der Waals surface area (Å²) in [6.45, 7) is 7.00. The third-order valence-corrected chi connectivity index (χ3v) is 2.87. The average molecular weight is 282 g/mol. The van der Waals surface area contributed by atoms with Crippen LogP contribution in [0.4, 0.5) is 16.0 Å². The molecule has 0 saturated carbocycles. The van der Waals surface area contributed by atoms with E-state index >= 15 is 0 Å². The van der Waals surface area contributed by atoms with Crippen LogP contribution in [0.1, 0.15) is 19.5 Å². The molecule has 0 bridgehead atoms. The number of anilines is 2. The Bertz CT molecular complexity index is 578. The molecule has 1 N–H and O–H groups in total. The van der Waals surface area contributed by atoms with Gasteiger partial charge in [0, 0.05) is 17.8 Å². The molecule has 0 unspecified atom stereocenters. The second kappa shape index (κ2) is 5.61. The van der Waals surface area contributed by atoms with Gasteiger partial charge in [0.25, 0.3) is 0 Å². The number of rotatable bonds is 4. The smallest absolute Gasteiger partial charge is 0.207 e. The van der Waals surface area contributed by atoms with Gasteiger partial charge in [0.2, 0.25) is 5.95 Å². The molecule has 0 radical (unpaired) electrons. The Kier molecular flexibility index (Phi) is 4.10. The third-order valence-electron chi connectivity index (χ3n) is 2.64. The van der Waals surface area contributed by atoms with Crippen LogP contribution in [0.2, 0.25) is 5.02 Å². The second-order valence-corrected chi connectivity index (χ2v) is 5.44. The molecule has 0 saturated heterocycles. The molecule has 0 aliphatic heterocycles. The Morgan fingerprint density at radius 3 is 2.79 bits per heavy atom. The number of aromatic nitrogens is 2. The largest absolute Gasteiger partial charge is 0.323 e. The Morgan fingerprint density at radius 1 is 1.42 bits per heavy atom. The van der Waals surface area contributed by atoms with E-state index in [1.165, 1.54) is 6.07 Å². The van der Waals surface area contributed by atoms with Crippen LogP contribution in [0.15, 0.2) is 24.4 Å². The minimum Gasteiger partial charge on any atom is -0.323 e. The van der Waals surface area contributed by atoms with E-state index in [9.17, 15) is 4.39 Å². The highest BCUT2D eigenvalue weighted by atomic mass is 35.5. The molecular formula is C14H17ClFN3. The van der Waals surface area contributed by atoms with Crippen LogP contribution in [0.5, 0.6) is 0 Å².